The van der Waals surface area contributed by atoms with Gasteiger partial charge >= 0.3 is 0 Å². The highest BCUT2D eigenvalue weighted by Crippen LogP contribution is 2.31. The second-order valence-electron chi connectivity index (χ2n) is 7.22. The Labute approximate surface area is 172 Å². The van der Waals surface area contributed by atoms with Gasteiger partial charge in [0.2, 0.25) is 5.91 Å². The molecule has 0 aromatic heterocycles. The predicted molar refractivity (Wildman–Crippen MR) is 108 cm³/mol. The zero-order chi connectivity index (χ0) is 21.4. The highest BCUT2D eigenvalue weighted by atomic mass is 16.2. The third-order valence-electron chi connectivity index (χ3n) is 5.03. The molecule has 4 rings (SSSR count). The SMILES string of the molecule is CC(=O)c1ccc(NC(=O)CN2N=N[C@H]3C(=O)N(c4ccc(C)cc4)C(=O)[C@@H]32)cc1. The average Bonchev–Trinajstić information content (AvgIpc) is 3.23. The first-order valence-corrected chi connectivity index (χ1v) is 9.38. The summed E-state index contributed by atoms with van der Waals surface area (Å²) in [5.41, 5.74) is 2.52. The van der Waals surface area contributed by atoms with Crippen molar-refractivity contribution in [2.24, 2.45) is 10.3 Å². The number of Topliss-reactive ketones (excluding diaryl/α,β-unsaturated/α-hetero) is 1. The van der Waals surface area contributed by atoms with Crippen LogP contribution in [0.4, 0.5) is 11.4 Å². The highest BCUT2D eigenvalue weighted by molar-refractivity contribution is 6.25. The third kappa shape index (κ3) is 3.45. The van der Waals surface area contributed by atoms with Crippen molar-refractivity contribution in [1.29, 1.82) is 0 Å². The largest absolute Gasteiger partial charge is 0.324 e. The lowest BCUT2D eigenvalue weighted by molar-refractivity contribution is -0.123. The van der Waals surface area contributed by atoms with Crippen LogP contribution in [0, 0.1) is 6.92 Å². The number of carbonyl (C=O) groups excluding carboxylic acids is 4. The highest BCUT2D eigenvalue weighted by Gasteiger charge is 2.55. The van der Waals surface area contributed by atoms with Crippen LogP contribution in [0.15, 0.2) is 58.9 Å². The monoisotopic (exact) mass is 405 g/mol. The Morgan fingerprint density at radius 2 is 1.67 bits per heavy atom. The van der Waals surface area contributed by atoms with Gasteiger partial charge in [-0.25, -0.2) is 4.90 Å². The molecule has 0 bridgehead atoms. The number of hydrogen-bond donors (Lipinski definition) is 1. The van der Waals surface area contributed by atoms with E-state index in [1.165, 1.54) is 11.9 Å². The lowest BCUT2D eigenvalue weighted by Crippen LogP contribution is -2.43. The van der Waals surface area contributed by atoms with Gasteiger partial charge in [0, 0.05) is 11.3 Å². The molecule has 2 aromatic rings. The van der Waals surface area contributed by atoms with Gasteiger partial charge in [0.25, 0.3) is 11.8 Å². The number of hydrogen-bond acceptors (Lipinski definition) is 7. The van der Waals surface area contributed by atoms with E-state index in [-0.39, 0.29) is 12.3 Å². The van der Waals surface area contributed by atoms with Crippen LogP contribution < -0.4 is 10.2 Å². The van der Waals surface area contributed by atoms with E-state index in [9.17, 15) is 19.2 Å². The van der Waals surface area contributed by atoms with Crippen LogP contribution in [0.25, 0.3) is 0 Å². The first-order chi connectivity index (χ1) is 14.3. The summed E-state index contributed by atoms with van der Waals surface area (Å²) < 4.78 is 0. The van der Waals surface area contributed by atoms with Gasteiger partial charge in [0.1, 0.15) is 6.54 Å². The maximum atomic E-state index is 12.9. The number of ketones is 1. The van der Waals surface area contributed by atoms with Gasteiger partial charge in [0.15, 0.2) is 17.9 Å². The molecule has 2 atom stereocenters. The fourth-order valence-electron chi connectivity index (χ4n) is 3.44. The van der Waals surface area contributed by atoms with Gasteiger partial charge < -0.3 is 5.32 Å². The zero-order valence-electron chi connectivity index (χ0n) is 16.4. The van der Waals surface area contributed by atoms with Crippen molar-refractivity contribution in [2.75, 3.05) is 16.8 Å². The molecule has 3 amide bonds. The molecular formula is C21H19N5O4. The number of anilines is 2. The zero-order valence-corrected chi connectivity index (χ0v) is 16.4. The van der Waals surface area contributed by atoms with E-state index >= 15 is 0 Å². The second kappa shape index (κ2) is 7.51. The molecule has 0 unspecified atom stereocenters. The summed E-state index contributed by atoms with van der Waals surface area (Å²) in [5.74, 6) is -1.41. The summed E-state index contributed by atoms with van der Waals surface area (Å²) in [7, 11) is 0. The van der Waals surface area contributed by atoms with Gasteiger partial charge in [-0.1, -0.05) is 22.9 Å². The van der Waals surface area contributed by atoms with Crippen LogP contribution in [0.2, 0.25) is 0 Å². The summed E-state index contributed by atoms with van der Waals surface area (Å²) in [5, 5.41) is 11.7. The second-order valence-corrected chi connectivity index (χ2v) is 7.22. The number of rotatable bonds is 5. The van der Waals surface area contributed by atoms with Gasteiger partial charge in [-0.05, 0) is 50.2 Å². The molecular weight excluding hydrogens is 386 g/mol. The first-order valence-electron chi connectivity index (χ1n) is 9.38. The summed E-state index contributed by atoms with van der Waals surface area (Å²) in [6.45, 7) is 3.14. The van der Waals surface area contributed by atoms with Crippen molar-refractivity contribution in [3.05, 3.63) is 59.7 Å². The normalized spacial score (nSPS) is 19.9. The Morgan fingerprint density at radius 3 is 2.30 bits per heavy atom. The van der Waals surface area contributed by atoms with Crippen LogP contribution >= 0.6 is 0 Å². The minimum Gasteiger partial charge on any atom is -0.324 e. The fourth-order valence-corrected chi connectivity index (χ4v) is 3.44. The molecule has 1 N–H and O–H groups in total. The number of benzene rings is 2. The number of amides is 3. The Morgan fingerprint density at radius 1 is 1.00 bits per heavy atom. The van der Waals surface area contributed by atoms with Crippen molar-refractivity contribution in [3.63, 3.8) is 0 Å². The van der Waals surface area contributed by atoms with Crippen LogP contribution in [0.3, 0.4) is 0 Å². The maximum absolute atomic E-state index is 12.9. The van der Waals surface area contributed by atoms with Crippen molar-refractivity contribution in [2.45, 2.75) is 25.9 Å². The van der Waals surface area contributed by atoms with Crippen LogP contribution in [-0.4, -0.2) is 47.1 Å². The van der Waals surface area contributed by atoms with Gasteiger partial charge in [-0.2, -0.15) is 5.11 Å². The smallest absolute Gasteiger partial charge is 0.263 e. The molecule has 2 aliphatic heterocycles. The van der Waals surface area contributed by atoms with Crippen LogP contribution in [-0.2, 0) is 14.4 Å². The van der Waals surface area contributed by atoms with Crippen molar-refractivity contribution >= 4 is 34.9 Å². The maximum Gasteiger partial charge on any atom is 0.263 e. The molecule has 2 heterocycles. The summed E-state index contributed by atoms with van der Waals surface area (Å²) >= 11 is 0. The molecule has 30 heavy (non-hydrogen) atoms. The molecule has 9 heteroatoms. The van der Waals surface area contributed by atoms with E-state index < -0.39 is 29.8 Å². The van der Waals surface area contributed by atoms with Crippen molar-refractivity contribution in [1.82, 2.24) is 5.01 Å². The van der Waals surface area contributed by atoms with E-state index in [0.717, 1.165) is 10.5 Å². The Kier molecular flexibility index (Phi) is 4.86. The molecule has 0 radical (unpaired) electrons. The van der Waals surface area contributed by atoms with E-state index in [1.54, 1.807) is 36.4 Å². The molecule has 1 saturated heterocycles. The number of aryl methyl sites for hydroxylation is 1. The number of imide groups is 1. The van der Waals surface area contributed by atoms with Crippen LogP contribution in [0.1, 0.15) is 22.8 Å². The van der Waals surface area contributed by atoms with Gasteiger partial charge in [-0.3, -0.25) is 24.2 Å². The molecule has 0 spiro atoms. The van der Waals surface area contributed by atoms with E-state index in [1.807, 2.05) is 19.1 Å². The first kappa shape index (κ1) is 19.4. The van der Waals surface area contributed by atoms with E-state index in [0.29, 0.717) is 16.9 Å². The predicted octanol–water partition coefficient (Wildman–Crippen LogP) is 2.13. The van der Waals surface area contributed by atoms with Gasteiger partial charge in [-0.15, -0.1) is 0 Å². The Hall–Kier alpha value is -3.88. The Bertz CT molecular complexity index is 1060. The Balaban J connectivity index is 1.45. The number of nitrogens with one attached hydrogen (secondary N) is 1. The van der Waals surface area contributed by atoms with Crippen LogP contribution in [0.5, 0.6) is 0 Å². The summed E-state index contributed by atoms with van der Waals surface area (Å²) in [4.78, 5) is 50.5. The topological polar surface area (TPSA) is 112 Å². The molecule has 2 aromatic carbocycles. The standard InChI is InChI=1S/C21H19N5O4/c1-12-3-9-16(10-4-12)26-20(29)18-19(21(26)30)25(24-23-18)11-17(28)22-15-7-5-14(6-8-15)13(2)27/h3-10,18-19H,11H2,1-2H3,(H,22,28)/t18-,19-/m1/s1. The van der Waals surface area contributed by atoms with Crippen molar-refractivity contribution in [3.8, 4) is 0 Å². The average molecular weight is 405 g/mol. The van der Waals surface area contributed by atoms with E-state index in [2.05, 4.69) is 15.7 Å². The quantitative estimate of drug-likeness (QED) is 0.605. The number of nitrogens with zero attached hydrogens (tertiary/aromatic N) is 4. The third-order valence-corrected chi connectivity index (χ3v) is 5.03. The minimum atomic E-state index is -0.957. The van der Waals surface area contributed by atoms with Gasteiger partial charge in [0.05, 0.1) is 5.69 Å². The molecule has 0 saturated carbocycles. The summed E-state index contributed by atoms with van der Waals surface area (Å²) in [6.07, 6.45) is 0. The minimum absolute atomic E-state index is 0.0704. The van der Waals surface area contributed by atoms with E-state index in [4.69, 9.17) is 0 Å². The molecule has 1 fully saturated rings. The lowest BCUT2D eigenvalue weighted by atomic mass is 10.1. The van der Waals surface area contributed by atoms with Crippen molar-refractivity contribution < 1.29 is 19.2 Å². The molecule has 0 aliphatic carbocycles. The summed E-state index contributed by atoms with van der Waals surface area (Å²) in [6, 6.07) is 11.6. The number of fused-ring (bicyclic) bond motifs is 1. The number of carbonyl (C=O) groups is 4. The lowest BCUT2D eigenvalue weighted by Gasteiger charge is -2.20. The molecule has 9 nitrogen and oxygen atoms in total. The fraction of sp³-hybridized carbons (Fsp3) is 0.238. The molecule has 152 valence electrons. The molecule has 2 aliphatic rings.